The van der Waals surface area contributed by atoms with Gasteiger partial charge in [0.2, 0.25) is 5.78 Å². The molecular formula is C26H29NO8. The zero-order valence-electron chi connectivity index (χ0n) is 19.5. The predicted octanol–water partition coefficient (Wildman–Crippen LogP) is 1.79. The second kappa shape index (κ2) is 7.41. The van der Waals surface area contributed by atoms with E-state index in [-0.39, 0.29) is 22.3 Å². The normalized spacial score (nSPS) is 33.9. The number of hydrogen-bond donors (Lipinski definition) is 6. The van der Waals surface area contributed by atoms with Gasteiger partial charge in [0.25, 0.3) is 5.91 Å². The van der Waals surface area contributed by atoms with Crippen molar-refractivity contribution in [1.29, 1.82) is 0 Å². The molecule has 186 valence electrons. The molecule has 4 aliphatic carbocycles. The smallest absolute Gasteiger partial charge is 0.255 e. The van der Waals surface area contributed by atoms with Crippen molar-refractivity contribution >= 4 is 23.2 Å². The molecule has 0 bridgehead atoms. The van der Waals surface area contributed by atoms with E-state index in [0.717, 1.165) is 25.7 Å². The molecule has 5 rings (SSSR count). The standard InChI is InChI=1S/C26H29NO8/c1-10-11-5-6-12(25(2)7-3-4-8-25)19(29)16(11)21(31)18-15(10)20(30)13-9-14(28)17(24(27)34)22(32)26(13,35)23(18)33/h5-6,10,13,15,20,29-32,35H,3-4,7-9H2,1-2H3,(H2,27,34)/t10-,13+,15+,20+,26+/m0/s1. The summed E-state index contributed by atoms with van der Waals surface area (Å²) in [4.78, 5) is 38.0. The number of amides is 1. The molecule has 9 heteroatoms. The molecule has 4 aliphatic rings. The van der Waals surface area contributed by atoms with Crippen LogP contribution in [0.2, 0.25) is 0 Å². The number of phenolic OH excluding ortho intramolecular Hbond substituents is 1. The number of aromatic hydroxyl groups is 1. The number of aliphatic hydroxyl groups is 4. The van der Waals surface area contributed by atoms with E-state index < -0.39 is 70.4 Å². The van der Waals surface area contributed by atoms with Gasteiger partial charge in [-0.3, -0.25) is 14.4 Å². The lowest BCUT2D eigenvalue weighted by atomic mass is 9.55. The van der Waals surface area contributed by atoms with Gasteiger partial charge in [-0.25, -0.2) is 0 Å². The Bertz CT molecular complexity index is 1250. The summed E-state index contributed by atoms with van der Waals surface area (Å²) < 4.78 is 0. The monoisotopic (exact) mass is 483 g/mol. The van der Waals surface area contributed by atoms with E-state index in [0.29, 0.717) is 11.1 Å². The first-order valence-electron chi connectivity index (χ1n) is 11.9. The lowest BCUT2D eigenvalue weighted by Crippen LogP contribution is -2.63. The van der Waals surface area contributed by atoms with Gasteiger partial charge >= 0.3 is 0 Å². The number of benzene rings is 1. The number of aliphatic hydroxyl groups excluding tert-OH is 3. The van der Waals surface area contributed by atoms with Gasteiger partial charge in [0.05, 0.1) is 11.7 Å². The van der Waals surface area contributed by atoms with E-state index in [2.05, 4.69) is 0 Å². The van der Waals surface area contributed by atoms with Gasteiger partial charge in [0, 0.05) is 29.4 Å². The van der Waals surface area contributed by atoms with Gasteiger partial charge in [0.15, 0.2) is 11.4 Å². The third-order valence-corrected chi connectivity index (χ3v) is 8.86. The van der Waals surface area contributed by atoms with E-state index in [1.54, 1.807) is 13.0 Å². The Morgan fingerprint density at radius 1 is 1.11 bits per heavy atom. The molecule has 1 aromatic carbocycles. The van der Waals surface area contributed by atoms with Crippen molar-refractivity contribution in [2.45, 2.75) is 69.0 Å². The number of carbonyl (C=O) groups is 3. The van der Waals surface area contributed by atoms with Crippen molar-refractivity contribution in [3.05, 3.63) is 45.7 Å². The Balaban J connectivity index is 1.75. The SMILES string of the molecule is C[C@H]1c2ccc(C3(C)CCCC3)c(O)c2C(O)=C2C(=O)[C@]3(O)C(O)=C(C(N)=O)C(=O)C[C@@H]3[C@@H](O)[C@@H]21. The number of rotatable bonds is 2. The van der Waals surface area contributed by atoms with Crippen molar-refractivity contribution in [2.75, 3.05) is 0 Å². The predicted molar refractivity (Wildman–Crippen MR) is 123 cm³/mol. The molecule has 9 nitrogen and oxygen atoms in total. The quantitative estimate of drug-likeness (QED) is 0.345. The van der Waals surface area contributed by atoms with Gasteiger partial charge in [0.1, 0.15) is 22.8 Å². The molecule has 0 radical (unpaired) electrons. The van der Waals surface area contributed by atoms with E-state index >= 15 is 0 Å². The first kappa shape index (κ1) is 23.6. The van der Waals surface area contributed by atoms with E-state index in [4.69, 9.17) is 5.73 Å². The van der Waals surface area contributed by atoms with Crippen molar-refractivity contribution in [3.8, 4) is 5.75 Å². The number of Topliss-reactive ketones (excluding diaryl/α,β-unsaturated/α-hetero) is 2. The van der Waals surface area contributed by atoms with Gasteiger partial charge < -0.3 is 31.3 Å². The fraction of sp³-hybridized carbons (Fsp3) is 0.500. The van der Waals surface area contributed by atoms with Crippen LogP contribution in [0.5, 0.6) is 5.75 Å². The molecule has 1 amide bonds. The van der Waals surface area contributed by atoms with Crippen LogP contribution in [0.3, 0.4) is 0 Å². The van der Waals surface area contributed by atoms with Crippen LogP contribution in [0.4, 0.5) is 0 Å². The summed E-state index contributed by atoms with van der Waals surface area (Å²) in [6, 6.07) is 3.59. The first-order chi connectivity index (χ1) is 16.4. The molecule has 0 aliphatic heterocycles. The van der Waals surface area contributed by atoms with Crippen LogP contribution in [0.25, 0.3) is 5.76 Å². The van der Waals surface area contributed by atoms with Crippen LogP contribution in [-0.2, 0) is 19.8 Å². The molecule has 7 N–H and O–H groups in total. The van der Waals surface area contributed by atoms with E-state index in [9.17, 15) is 39.9 Å². The lowest BCUT2D eigenvalue weighted by Gasteiger charge is -2.50. The summed E-state index contributed by atoms with van der Waals surface area (Å²) in [5.74, 6) is -8.32. The third kappa shape index (κ3) is 2.85. The molecular weight excluding hydrogens is 454 g/mol. The van der Waals surface area contributed by atoms with Crippen molar-refractivity contribution in [3.63, 3.8) is 0 Å². The Labute approximate surface area is 201 Å². The van der Waals surface area contributed by atoms with E-state index in [1.165, 1.54) is 0 Å². The Kier molecular flexibility index (Phi) is 4.99. The average molecular weight is 484 g/mol. The van der Waals surface area contributed by atoms with Gasteiger partial charge in [-0.2, -0.15) is 0 Å². The van der Waals surface area contributed by atoms with Crippen LogP contribution in [0, 0.1) is 11.8 Å². The van der Waals surface area contributed by atoms with Crippen LogP contribution in [-0.4, -0.2) is 54.7 Å². The second-order valence-corrected chi connectivity index (χ2v) is 10.7. The van der Waals surface area contributed by atoms with Gasteiger partial charge in [-0.05, 0) is 29.7 Å². The fourth-order valence-electron chi connectivity index (χ4n) is 6.91. The Hall–Kier alpha value is -3.17. The van der Waals surface area contributed by atoms with Crippen LogP contribution < -0.4 is 5.73 Å². The number of nitrogens with two attached hydrogens (primary N) is 1. The molecule has 1 aromatic rings. The number of fused-ring (bicyclic) bond motifs is 3. The summed E-state index contributed by atoms with van der Waals surface area (Å²) in [6.45, 7) is 3.76. The number of hydrogen-bond acceptors (Lipinski definition) is 8. The topological polar surface area (TPSA) is 178 Å². The van der Waals surface area contributed by atoms with Crippen molar-refractivity contribution < 1.29 is 39.9 Å². The molecule has 35 heavy (non-hydrogen) atoms. The highest BCUT2D eigenvalue weighted by Gasteiger charge is 2.65. The highest BCUT2D eigenvalue weighted by Crippen LogP contribution is 2.57. The minimum Gasteiger partial charge on any atom is -0.508 e. The first-order valence-corrected chi connectivity index (χ1v) is 11.9. The Morgan fingerprint density at radius 3 is 2.34 bits per heavy atom. The highest BCUT2D eigenvalue weighted by atomic mass is 16.4. The number of ketones is 2. The maximum absolute atomic E-state index is 13.7. The highest BCUT2D eigenvalue weighted by molar-refractivity contribution is 6.23. The molecule has 0 spiro atoms. The molecule has 2 saturated carbocycles. The van der Waals surface area contributed by atoms with Crippen molar-refractivity contribution in [2.24, 2.45) is 17.6 Å². The summed E-state index contributed by atoms with van der Waals surface area (Å²) >= 11 is 0. The molecule has 5 atom stereocenters. The third-order valence-electron chi connectivity index (χ3n) is 8.86. The van der Waals surface area contributed by atoms with Crippen LogP contribution >= 0.6 is 0 Å². The fourth-order valence-corrected chi connectivity index (χ4v) is 6.91. The summed E-state index contributed by atoms with van der Waals surface area (Å²) in [7, 11) is 0. The molecule has 0 saturated heterocycles. The molecule has 0 unspecified atom stereocenters. The zero-order valence-corrected chi connectivity index (χ0v) is 19.5. The lowest BCUT2D eigenvalue weighted by molar-refractivity contribution is -0.160. The van der Waals surface area contributed by atoms with Gasteiger partial charge in [-0.1, -0.05) is 38.8 Å². The minimum atomic E-state index is -2.82. The number of carbonyl (C=O) groups excluding carboxylic acids is 3. The van der Waals surface area contributed by atoms with Crippen molar-refractivity contribution in [1.82, 2.24) is 0 Å². The maximum atomic E-state index is 13.7. The number of phenols is 1. The molecule has 0 aromatic heterocycles. The molecule has 2 fully saturated rings. The Morgan fingerprint density at radius 2 is 1.74 bits per heavy atom. The van der Waals surface area contributed by atoms with Crippen LogP contribution in [0.15, 0.2) is 29.0 Å². The largest absolute Gasteiger partial charge is 0.508 e. The minimum absolute atomic E-state index is 0.0578. The summed E-state index contributed by atoms with van der Waals surface area (Å²) in [6.07, 6.45) is 1.62. The molecule has 0 heterocycles. The summed E-state index contributed by atoms with van der Waals surface area (Å²) in [5.41, 5.74) is 2.06. The number of primary amides is 1. The van der Waals surface area contributed by atoms with Gasteiger partial charge in [-0.15, -0.1) is 0 Å². The van der Waals surface area contributed by atoms with Crippen LogP contribution in [0.1, 0.15) is 68.6 Å². The maximum Gasteiger partial charge on any atom is 0.255 e. The van der Waals surface area contributed by atoms with E-state index in [1.807, 2.05) is 13.0 Å². The zero-order chi connectivity index (χ0) is 25.6. The second-order valence-electron chi connectivity index (χ2n) is 10.7. The summed E-state index contributed by atoms with van der Waals surface area (Å²) in [5, 5.41) is 56.0. The average Bonchev–Trinajstić information content (AvgIpc) is 3.23.